The van der Waals surface area contributed by atoms with Gasteiger partial charge in [-0.05, 0) is 24.3 Å². The second-order valence-corrected chi connectivity index (χ2v) is 5.67. The van der Waals surface area contributed by atoms with Gasteiger partial charge in [-0.3, -0.25) is 19.0 Å². The molecule has 1 heterocycles. The Morgan fingerprint density at radius 2 is 1.56 bits per heavy atom. The van der Waals surface area contributed by atoms with Crippen LogP contribution in [0.25, 0.3) is 10.9 Å². The van der Waals surface area contributed by atoms with Crippen molar-refractivity contribution in [2.75, 3.05) is 10.6 Å². The number of amides is 2. The topological polar surface area (TPSA) is 80.2 Å². The van der Waals surface area contributed by atoms with Gasteiger partial charge in [0.2, 0.25) is 11.8 Å². The number of hydrogen-bond donors (Lipinski definition) is 2. The molecule has 0 spiro atoms. The maximum Gasteiger partial charge on any atom is 0.257 e. The van der Waals surface area contributed by atoms with Crippen molar-refractivity contribution in [3.05, 3.63) is 60.3 Å². The molecule has 2 N–H and O–H groups in total. The Morgan fingerprint density at radius 1 is 0.880 bits per heavy atom. The minimum Gasteiger partial charge on any atom is -0.326 e. The average molecular weight is 335 g/mol. The van der Waals surface area contributed by atoms with Crippen LogP contribution in [0.2, 0.25) is 0 Å². The van der Waals surface area contributed by atoms with Gasteiger partial charge in [-0.15, -0.1) is 0 Å². The smallest absolute Gasteiger partial charge is 0.257 e. The van der Waals surface area contributed by atoms with Crippen molar-refractivity contribution in [2.45, 2.75) is 13.8 Å². The molecule has 0 atom stereocenters. The van der Waals surface area contributed by atoms with Crippen LogP contribution in [0.15, 0.2) is 54.7 Å². The van der Waals surface area contributed by atoms with E-state index in [-0.39, 0.29) is 17.7 Å². The fourth-order valence-corrected chi connectivity index (χ4v) is 2.70. The van der Waals surface area contributed by atoms with E-state index in [2.05, 4.69) is 10.6 Å². The van der Waals surface area contributed by atoms with Crippen molar-refractivity contribution in [3.8, 4) is 0 Å². The highest BCUT2D eigenvalue weighted by atomic mass is 16.2. The predicted molar refractivity (Wildman–Crippen MR) is 96.9 cm³/mol. The number of rotatable bonds is 3. The van der Waals surface area contributed by atoms with E-state index in [4.69, 9.17) is 0 Å². The van der Waals surface area contributed by atoms with Gasteiger partial charge in [0.05, 0.1) is 11.1 Å². The summed E-state index contributed by atoms with van der Waals surface area (Å²) in [5.74, 6) is -0.674. The van der Waals surface area contributed by atoms with Crippen LogP contribution in [0, 0.1) is 0 Å². The summed E-state index contributed by atoms with van der Waals surface area (Å²) < 4.78 is 1.46. The summed E-state index contributed by atoms with van der Waals surface area (Å²) in [5, 5.41) is 6.17. The first-order chi connectivity index (χ1) is 12.0. The van der Waals surface area contributed by atoms with Gasteiger partial charge in [-0.25, -0.2) is 0 Å². The van der Waals surface area contributed by atoms with E-state index in [1.807, 2.05) is 12.1 Å². The summed E-state index contributed by atoms with van der Waals surface area (Å²) in [4.78, 5) is 35.6. The van der Waals surface area contributed by atoms with Crippen LogP contribution in [0.5, 0.6) is 0 Å². The van der Waals surface area contributed by atoms with Gasteiger partial charge < -0.3 is 10.6 Å². The van der Waals surface area contributed by atoms with E-state index in [0.717, 1.165) is 0 Å². The van der Waals surface area contributed by atoms with Crippen molar-refractivity contribution in [2.24, 2.45) is 0 Å². The number of para-hydroxylation sites is 1. The van der Waals surface area contributed by atoms with Crippen LogP contribution in [-0.2, 0) is 4.79 Å². The molecule has 2 aromatic carbocycles. The first kappa shape index (κ1) is 16.4. The molecule has 1 aromatic heterocycles. The van der Waals surface area contributed by atoms with Crippen LogP contribution < -0.4 is 10.6 Å². The normalized spacial score (nSPS) is 10.5. The van der Waals surface area contributed by atoms with E-state index in [0.29, 0.717) is 27.8 Å². The Kier molecular flexibility index (Phi) is 4.35. The molecule has 6 nitrogen and oxygen atoms in total. The van der Waals surface area contributed by atoms with E-state index in [1.54, 1.807) is 42.6 Å². The molecule has 3 rings (SSSR count). The first-order valence-electron chi connectivity index (χ1n) is 7.76. The number of aromatic nitrogens is 1. The van der Waals surface area contributed by atoms with Gasteiger partial charge in [0.15, 0.2) is 0 Å². The zero-order valence-corrected chi connectivity index (χ0v) is 13.9. The highest BCUT2D eigenvalue weighted by molar-refractivity contribution is 6.14. The number of anilines is 2. The second kappa shape index (κ2) is 6.60. The first-order valence-corrected chi connectivity index (χ1v) is 7.76. The molecule has 6 heteroatoms. The van der Waals surface area contributed by atoms with Crippen molar-refractivity contribution < 1.29 is 14.4 Å². The lowest BCUT2D eigenvalue weighted by atomic mass is 10.1. The van der Waals surface area contributed by atoms with Gasteiger partial charge in [0, 0.05) is 36.8 Å². The molecular formula is C19H17N3O3. The Hall–Kier alpha value is -3.41. The second-order valence-electron chi connectivity index (χ2n) is 5.67. The van der Waals surface area contributed by atoms with Crippen LogP contribution in [0.3, 0.4) is 0 Å². The summed E-state index contributed by atoms with van der Waals surface area (Å²) in [6.07, 6.45) is 1.54. The number of benzene rings is 2. The maximum atomic E-state index is 12.7. The number of nitrogens with zero attached hydrogens (tertiary/aromatic N) is 1. The lowest BCUT2D eigenvalue weighted by Gasteiger charge is -2.07. The SMILES string of the molecule is CC(=O)Nc1cccc(NC(=O)c2cn(C(C)=O)c3ccccc23)c1. The van der Waals surface area contributed by atoms with Crippen molar-refractivity contribution in [3.63, 3.8) is 0 Å². The molecule has 3 aromatic rings. The van der Waals surface area contributed by atoms with E-state index < -0.39 is 0 Å². The molecule has 0 saturated heterocycles. The van der Waals surface area contributed by atoms with Crippen LogP contribution in [0.4, 0.5) is 11.4 Å². The number of carbonyl (C=O) groups excluding carboxylic acids is 3. The third-order valence-corrected chi connectivity index (χ3v) is 3.74. The molecular weight excluding hydrogens is 318 g/mol. The quantitative estimate of drug-likeness (QED) is 0.768. The summed E-state index contributed by atoms with van der Waals surface area (Å²) in [6.45, 7) is 2.87. The fraction of sp³-hybridized carbons (Fsp3) is 0.105. The summed E-state index contributed by atoms with van der Waals surface area (Å²) in [7, 11) is 0. The highest BCUT2D eigenvalue weighted by Crippen LogP contribution is 2.23. The predicted octanol–water partition coefficient (Wildman–Crippen LogP) is 3.51. The maximum absolute atomic E-state index is 12.7. The van der Waals surface area contributed by atoms with Crippen LogP contribution >= 0.6 is 0 Å². The molecule has 126 valence electrons. The van der Waals surface area contributed by atoms with Gasteiger partial charge in [-0.2, -0.15) is 0 Å². The molecule has 0 aliphatic rings. The zero-order chi connectivity index (χ0) is 18.0. The zero-order valence-electron chi connectivity index (χ0n) is 13.9. The number of fused-ring (bicyclic) bond motifs is 1. The van der Waals surface area contributed by atoms with Crippen molar-refractivity contribution >= 4 is 40.0 Å². The lowest BCUT2D eigenvalue weighted by molar-refractivity contribution is -0.114. The molecule has 0 saturated carbocycles. The molecule has 0 unspecified atom stereocenters. The Balaban J connectivity index is 1.93. The molecule has 0 aliphatic carbocycles. The van der Waals surface area contributed by atoms with Crippen molar-refractivity contribution in [1.82, 2.24) is 4.57 Å². The largest absolute Gasteiger partial charge is 0.326 e. The minimum absolute atomic E-state index is 0.164. The fourth-order valence-electron chi connectivity index (χ4n) is 2.70. The highest BCUT2D eigenvalue weighted by Gasteiger charge is 2.16. The summed E-state index contributed by atoms with van der Waals surface area (Å²) in [6, 6.07) is 14.1. The third kappa shape index (κ3) is 3.42. The number of hydrogen-bond acceptors (Lipinski definition) is 3. The van der Waals surface area contributed by atoms with Gasteiger partial charge >= 0.3 is 0 Å². The summed E-state index contributed by atoms with van der Waals surface area (Å²) >= 11 is 0. The van der Waals surface area contributed by atoms with E-state index in [9.17, 15) is 14.4 Å². The monoisotopic (exact) mass is 335 g/mol. The lowest BCUT2D eigenvalue weighted by Crippen LogP contribution is -2.12. The Labute approximate surface area is 144 Å². The van der Waals surface area contributed by atoms with Crippen molar-refractivity contribution in [1.29, 1.82) is 0 Å². The third-order valence-electron chi connectivity index (χ3n) is 3.74. The molecule has 2 amide bonds. The van der Waals surface area contributed by atoms with Crippen LogP contribution in [0.1, 0.15) is 29.0 Å². The van der Waals surface area contributed by atoms with E-state index in [1.165, 1.54) is 18.4 Å². The molecule has 0 fully saturated rings. The number of nitrogens with one attached hydrogen (secondary N) is 2. The number of carbonyl (C=O) groups is 3. The molecule has 0 radical (unpaired) electrons. The average Bonchev–Trinajstić information content (AvgIpc) is 2.94. The van der Waals surface area contributed by atoms with Gasteiger partial charge in [-0.1, -0.05) is 24.3 Å². The minimum atomic E-state index is -0.323. The van der Waals surface area contributed by atoms with Gasteiger partial charge in [0.25, 0.3) is 5.91 Å². The molecule has 0 aliphatic heterocycles. The Bertz CT molecular complexity index is 988. The summed E-state index contributed by atoms with van der Waals surface area (Å²) in [5.41, 5.74) is 2.25. The molecule has 0 bridgehead atoms. The molecule has 25 heavy (non-hydrogen) atoms. The van der Waals surface area contributed by atoms with Gasteiger partial charge in [0.1, 0.15) is 0 Å². The Morgan fingerprint density at radius 3 is 2.24 bits per heavy atom. The standard InChI is InChI=1S/C19H17N3O3/c1-12(23)20-14-6-5-7-15(10-14)21-19(25)17-11-22(13(2)24)18-9-4-3-8-16(17)18/h3-11H,1-2H3,(H,20,23)(H,21,25). The van der Waals surface area contributed by atoms with Crippen LogP contribution in [-0.4, -0.2) is 22.3 Å². The van der Waals surface area contributed by atoms with E-state index >= 15 is 0 Å².